The number of hydrogen-bond donors (Lipinski definition) is 1. The van der Waals surface area contributed by atoms with Crippen molar-refractivity contribution in [1.29, 1.82) is 0 Å². The minimum Gasteiger partial charge on any atom is -0.409 e. The standard InChI is InChI=1S/C12H22BrNOSSi/c1-12(2,3)17(4,5)15-10(8-14)9-6-7-16-11(9)13/h6-7,10H,8,14H2,1-5H3. The lowest BCUT2D eigenvalue weighted by Gasteiger charge is -2.39. The summed E-state index contributed by atoms with van der Waals surface area (Å²) in [5, 5.41) is 2.28. The quantitative estimate of drug-likeness (QED) is 0.820. The molecule has 2 nitrogen and oxygen atoms in total. The molecule has 0 saturated heterocycles. The maximum absolute atomic E-state index is 6.37. The van der Waals surface area contributed by atoms with E-state index in [4.69, 9.17) is 10.2 Å². The van der Waals surface area contributed by atoms with Crippen molar-refractivity contribution >= 4 is 35.6 Å². The Labute approximate surface area is 118 Å². The van der Waals surface area contributed by atoms with E-state index in [1.54, 1.807) is 11.3 Å². The van der Waals surface area contributed by atoms with Crippen LogP contribution in [-0.2, 0) is 4.43 Å². The summed E-state index contributed by atoms with van der Waals surface area (Å²) in [6, 6.07) is 2.10. The Morgan fingerprint density at radius 1 is 1.47 bits per heavy atom. The SMILES string of the molecule is CC(C)(C)[Si](C)(C)OC(CN)c1ccsc1Br. The second kappa shape index (κ2) is 5.53. The predicted octanol–water partition coefficient (Wildman–Crippen LogP) is 4.53. The Morgan fingerprint density at radius 2 is 2.06 bits per heavy atom. The summed E-state index contributed by atoms with van der Waals surface area (Å²) in [6.07, 6.45) is 0.0107. The molecule has 0 amide bonds. The lowest BCUT2D eigenvalue weighted by atomic mass is 10.2. The fourth-order valence-electron chi connectivity index (χ4n) is 1.31. The lowest BCUT2D eigenvalue weighted by Crippen LogP contribution is -2.43. The molecule has 17 heavy (non-hydrogen) atoms. The molecule has 0 saturated carbocycles. The highest BCUT2D eigenvalue weighted by molar-refractivity contribution is 9.11. The summed E-state index contributed by atoms with van der Waals surface area (Å²) in [5.74, 6) is 0. The molecule has 0 fully saturated rings. The molecule has 0 bridgehead atoms. The molecule has 1 aromatic heterocycles. The first-order chi connectivity index (χ1) is 7.69. The zero-order valence-electron chi connectivity index (χ0n) is 11.2. The predicted molar refractivity (Wildman–Crippen MR) is 82.1 cm³/mol. The third-order valence-electron chi connectivity index (χ3n) is 3.45. The van der Waals surface area contributed by atoms with Gasteiger partial charge in [0.1, 0.15) is 0 Å². The van der Waals surface area contributed by atoms with Crippen LogP contribution < -0.4 is 5.73 Å². The van der Waals surface area contributed by atoms with E-state index >= 15 is 0 Å². The number of nitrogens with two attached hydrogens (primary N) is 1. The van der Waals surface area contributed by atoms with Crippen LogP contribution in [0.5, 0.6) is 0 Å². The van der Waals surface area contributed by atoms with Gasteiger partial charge in [-0.1, -0.05) is 20.8 Å². The smallest absolute Gasteiger partial charge is 0.192 e. The van der Waals surface area contributed by atoms with Gasteiger partial charge in [0, 0.05) is 12.1 Å². The first kappa shape index (κ1) is 15.4. The van der Waals surface area contributed by atoms with E-state index in [9.17, 15) is 0 Å². The van der Waals surface area contributed by atoms with Gasteiger partial charge in [-0.2, -0.15) is 0 Å². The third kappa shape index (κ3) is 3.64. The Kier molecular flexibility index (Phi) is 5.00. The van der Waals surface area contributed by atoms with Crippen molar-refractivity contribution in [3.63, 3.8) is 0 Å². The minimum absolute atomic E-state index is 0.0107. The molecule has 1 rings (SSSR count). The van der Waals surface area contributed by atoms with E-state index in [0.717, 1.165) is 3.79 Å². The Balaban J connectivity index is 2.89. The van der Waals surface area contributed by atoms with Crippen molar-refractivity contribution < 1.29 is 4.43 Å². The highest BCUT2D eigenvalue weighted by atomic mass is 79.9. The topological polar surface area (TPSA) is 35.2 Å². The van der Waals surface area contributed by atoms with Crippen molar-refractivity contribution in [2.75, 3.05) is 6.54 Å². The van der Waals surface area contributed by atoms with Gasteiger partial charge in [0.05, 0.1) is 9.89 Å². The summed E-state index contributed by atoms with van der Waals surface area (Å²) >= 11 is 5.24. The van der Waals surface area contributed by atoms with E-state index in [1.807, 2.05) is 0 Å². The van der Waals surface area contributed by atoms with Crippen molar-refractivity contribution in [2.24, 2.45) is 5.73 Å². The van der Waals surface area contributed by atoms with Crippen LogP contribution in [0.3, 0.4) is 0 Å². The Morgan fingerprint density at radius 3 is 2.41 bits per heavy atom. The normalized spacial score (nSPS) is 15.0. The molecule has 0 spiro atoms. The average molecular weight is 336 g/mol. The molecule has 5 heteroatoms. The fraction of sp³-hybridized carbons (Fsp3) is 0.667. The van der Waals surface area contributed by atoms with Gasteiger partial charge in [0.2, 0.25) is 0 Å². The largest absolute Gasteiger partial charge is 0.409 e. The molecular weight excluding hydrogens is 314 g/mol. The van der Waals surface area contributed by atoms with Gasteiger partial charge in [0.25, 0.3) is 0 Å². The van der Waals surface area contributed by atoms with Gasteiger partial charge >= 0.3 is 0 Å². The van der Waals surface area contributed by atoms with Gasteiger partial charge in [-0.15, -0.1) is 11.3 Å². The number of hydrogen-bond acceptors (Lipinski definition) is 3. The zero-order chi connectivity index (χ0) is 13.3. The molecule has 1 unspecified atom stereocenters. The molecule has 0 radical (unpaired) electrons. The molecule has 0 aliphatic heterocycles. The first-order valence-corrected chi connectivity index (χ1v) is 10.4. The molecule has 0 aromatic carbocycles. The van der Waals surface area contributed by atoms with Gasteiger partial charge in [-0.05, 0) is 45.5 Å². The molecule has 2 N–H and O–H groups in total. The van der Waals surface area contributed by atoms with Crippen molar-refractivity contribution in [3.05, 3.63) is 20.8 Å². The summed E-state index contributed by atoms with van der Waals surface area (Å²) in [6.45, 7) is 11.8. The number of thiophene rings is 1. The number of rotatable bonds is 4. The van der Waals surface area contributed by atoms with Crippen LogP contribution in [0.4, 0.5) is 0 Å². The Hall–Kier alpha value is 0.317. The van der Waals surface area contributed by atoms with E-state index < -0.39 is 8.32 Å². The fourth-order valence-corrected chi connectivity index (χ4v) is 3.97. The molecule has 1 heterocycles. The lowest BCUT2D eigenvalue weighted by molar-refractivity contribution is 0.191. The van der Waals surface area contributed by atoms with Crippen LogP contribution in [0.25, 0.3) is 0 Å². The molecular formula is C12H22BrNOSSi. The van der Waals surface area contributed by atoms with Gasteiger partial charge in [0.15, 0.2) is 8.32 Å². The highest BCUT2D eigenvalue weighted by Crippen LogP contribution is 2.41. The van der Waals surface area contributed by atoms with Crippen molar-refractivity contribution in [3.8, 4) is 0 Å². The third-order valence-corrected chi connectivity index (χ3v) is 9.67. The second-order valence-corrected chi connectivity index (χ2v) is 12.7. The molecule has 0 aliphatic carbocycles. The van der Waals surface area contributed by atoms with E-state index in [1.165, 1.54) is 5.56 Å². The minimum atomic E-state index is -1.76. The maximum Gasteiger partial charge on any atom is 0.192 e. The van der Waals surface area contributed by atoms with Crippen molar-refractivity contribution in [1.82, 2.24) is 0 Å². The Bertz CT molecular complexity index is 373. The van der Waals surface area contributed by atoms with Crippen LogP contribution in [0.15, 0.2) is 15.2 Å². The molecule has 0 aliphatic rings. The highest BCUT2D eigenvalue weighted by Gasteiger charge is 2.39. The van der Waals surface area contributed by atoms with Crippen LogP contribution in [0, 0.1) is 0 Å². The van der Waals surface area contributed by atoms with Crippen LogP contribution in [-0.4, -0.2) is 14.9 Å². The first-order valence-electron chi connectivity index (χ1n) is 5.80. The van der Waals surface area contributed by atoms with E-state index in [-0.39, 0.29) is 11.1 Å². The van der Waals surface area contributed by atoms with Crippen molar-refractivity contribution in [2.45, 2.75) is 45.0 Å². The summed E-state index contributed by atoms with van der Waals surface area (Å²) in [4.78, 5) is 0. The van der Waals surface area contributed by atoms with E-state index in [0.29, 0.717) is 6.54 Å². The maximum atomic E-state index is 6.37. The second-order valence-electron chi connectivity index (χ2n) is 5.75. The van der Waals surface area contributed by atoms with Gasteiger partial charge in [-0.25, -0.2) is 0 Å². The van der Waals surface area contributed by atoms with Crippen LogP contribution in [0.1, 0.15) is 32.4 Å². The molecule has 1 aromatic rings. The zero-order valence-corrected chi connectivity index (χ0v) is 14.6. The van der Waals surface area contributed by atoms with Gasteiger partial charge in [-0.3, -0.25) is 0 Å². The van der Waals surface area contributed by atoms with E-state index in [2.05, 4.69) is 61.2 Å². The van der Waals surface area contributed by atoms with Gasteiger partial charge < -0.3 is 10.2 Å². The monoisotopic (exact) mass is 335 g/mol. The summed E-state index contributed by atoms with van der Waals surface area (Å²) in [5.41, 5.74) is 7.05. The average Bonchev–Trinajstić information content (AvgIpc) is 2.59. The number of halogens is 1. The molecule has 1 atom stereocenters. The van der Waals surface area contributed by atoms with Crippen LogP contribution >= 0.6 is 27.3 Å². The summed E-state index contributed by atoms with van der Waals surface area (Å²) in [7, 11) is -1.76. The molecule has 98 valence electrons. The van der Waals surface area contributed by atoms with Crippen LogP contribution in [0.2, 0.25) is 18.1 Å². The summed E-state index contributed by atoms with van der Waals surface area (Å²) < 4.78 is 7.50.